The fourth-order valence-electron chi connectivity index (χ4n) is 4.25. The zero-order valence-corrected chi connectivity index (χ0v) is 16.5. The molecule has 2 aliphatic rings. The van der Waals surface area contributed by atoms with E-state index < -0.39 is 0 Å². The minimum absolute atomic E-state index is 0.00527. The molecule has 2 fully saturated rings. The van der Waals surface area contributed by atoms with Gasteiger partial charge >= 0.3 is 0 Å². The van der Waals surface area contributed by atoms with E-state index in [1.807, 2.05) is 24.3 Å². The van der Waals surface area contributed by atoms with Crippen molar-refractivity contribution in [1.82, 2.24) is 15.5 Å². The van der Waals surface area contributed by atoms with E-state index in [1.54, 1.807) is 7.05 Å². The van der Waals surface area contributed by atoms with Crippen molar-refractivity contribution in [2.45, 2.75) is 39.3 Å². The number of likely N-dealkylation sites (N-methyl/N-ethyl adjacent to an activating group) is 1. The predicted molar refractivity (Wildman–Crippen MR) is 103 cm³/mol. The van der Waals surface area contributed by atoms with Crippen LogP contribution in [0.1, 0.15) is 32.3 Å². The highest BCUT2D eigenvalue weighted by atomic mass is 35.5. The van der Waals surface area contributed by atoms with Gasteiger partial charge in [0.15, 0.2) is 0 Å². The number of halogens is 1. The van der Waals surface area contributed by atoms with Crippen LogP contribution in [-0.4, -0.2) is 42.9 Å². The van der Waals surface area contributed by atoms with Gasteiger partial charge in [0.1, 0.15) is 0 Å². The van der Waals surface area contributed by atoms with Crippen LogP contribution in [0.5, 0.6) is 0 Å². The van der Waals surface area contributed by atoms with Crippen molar-refractivity contribution < 1.29 is 9.59 Å². The first-order chi connectivity index (χ1) is 12.4. The third-order valence-corrected chi connectivity index (χ3v) is 5.99. The van der Waals surface area contributed by atoms with Crippen molar-refractivity contribution in [2.75, 3.05) is 20.1 Å². The van der Waals surface area contributed by atoms with Crippen molar-refractivity contribution in [2.24, 2.45) is 17.3 Å². The number of carbonyl (C=O) groups is 2. The zero-order chi connectivity index (χ0) is 18.9. The van der Waals surface area contributed by atoms with Crippen LogP contribution in [0.25, 0.3) is 0 Å². The van der Waals surface area contributed by atoms with Gasteiger partial charge in [0.2, 0.25) is 11.8 Å². The summed E-state index contributed by atoms with van der Waals surface area (Å²) >= 11 is 6.16. The van der Waals surface area contributed by atoms with Crippen LogP contribution in [0.3, 0.4) is 0 Å². The summed E-state index contributed by atoms with van der Waals surface area (Å²) in [6, 6.07) is 7.43. The van der Waals surface area contributed by atoms with Gasteiger partial charge in [0, 0.05) is 37.6 Å². The predicted octanol–water partition coefficient (Wildman–Crippen LogP) is 2.44. The first-order valence-electron chi connectivity index (χ1n) is 9.33. The molecule has 3 atom stereocenters. The number of nitrogens with one attached hydrogen (secondary N) is 2. The Hall–Kier alpha value is -1.59. The second-order valence-electron chi connectivity index (χ2n) is 8.09. The molecule has 1 aromatic rings. The topological polar surface area (TPSA) is 61.4 Å². The van der Waals surface area contributed by atoms with Gasteiger partial charge in [-0.1, -0.05) is 43.6 Å². The van der Waals surface area contributed by atoms with Gasteiger partial charge in [-0.25, -0.2) is 0 Å². The normalized spacial score (nSPS) is 27.7. The van der Waals surface area contributed by atoms with Gasteiger partial charge < -0.3 is 10.6 Å². The molecular weight excluding hydrogens is 350 g/mol. The average molecular weight is 378 g/mol. The fraction of sp³-hybridized carbons (Fsp3) is 0.600. The molecular formula is C20H28ClN3O2. The highest BCUT2D eigenvalue weighted by Crippen LogP contribution is 2.60. The van der Waals surface area contributed by atoms with Crippen molar-refractivity contribution in [3.05, 3.63) is 34.9 Å². The van der Waals surface area contributed by atoms with E-state index in [0.717, 1.165) is 31.5 Å². The Balaban J connectivity index is 1.61. The van der Waals surface area contributed by atoms with E-state index in [4.69, 9.17) is 11.6 Å². The maximum absolute atomic E-state index is 12.7. The van der Waals surface area contributed by atoms with Crippen LogP contribution in [-0.2, 0) is 16.1 Å². The molecule has 1 saturated heterocycles. The monoisotopic (exact) mass is 377 g/mol. The van der Waals surface area contributed by atoms with E-state index in [1.165, 1.54) is 0 Å². The molecule has 1 aromatic carbocycles. The number of likely N-dealkylation sites (tertiary alicyclic amines) is 1. The van der Waals surface area contributed by atoms with Crippen LogP contribution in [0.4, 0.5) is 0 Å². The summed E-state index contributed by atoms with van der Waals surface area (Å²) < 4.78 is 0. The third-order valence-electron chi connectivity index (χ3n) is 5.62. The quantitative estimate of drug-likeness (QED) is 0.800. The lowest BCUT2D eigenvalue weighted by Crippen LogP contribution is -2.43. The first kappa shape index (κ1) is 19.2. The molecule has 26 heavy (non-hydrogen) atoms. The summed E-state index contributed by atoms with van der Waals surface area (Å²) in [5.41, 5.74) is 0.879. The second-order valence-corrected chi connectivity index (χ2v) is 8.49. The van der Waals surface area contributed by atoms with Crippen LogP contribution >= 0.6 is 11.6 Å². The van der Waals surface area contributed by atoms with Gasteiger partial charge in [-0.15, -0.1) is 0 Å². The molecule has 5 nitrogen and oxygen atoms in total. The Labute approximate surface area is 160 Å². The summed E-state index contributed by atoms with van der Waals surface area (Å²) in [4.78, 5) is 27.2. The maximum atomic E-state index is 12.7. The number of nitrogens with zero attached hydrogens (tertiary/aromatic N) is 1. The van der Waals surface area contributed by atoms with E-state index in [9.17, 15) is 9.59 Å². The van der Waals surface area contributed by atoms with Crippen LogP contribution < -0.4 is 10.6 Å². The van der Waals surface area contributed by atoms with Gasteiger partial charge in [0.25, 0.3) is 0 Å². The molecule has 1 spiro atoms. The summed E-state index contributed by atoms with van der Waals surface area (Å²) in [6.45, 7) is 6.47. The van der Waals surface area contributed by atoms with Gasteiger partial charge in [-0.3, -0.25) is 14.5 Å². The van der Waals surface area contributed by atoms with Crippen molar-refractivity contribution in [3.8, 4) is 0 Å². The zero-order valence-electron chi connectivity index (χ0n) is 15.7. The molecule has 0 unspecified atom stereocenters. The van der Waals surface area contributed by atoms with Crippen LogP contribution in [0.2, 0.25) is 5.02 Å². The summed E-state index contributed by atoms with van der Waals surface area (Å²) in [6.07, 6.45) is 1.63. The lowest BCUT2D eigenvalue weighted by molar-refractivity contribution is -0.125. The Morgan fingerprint density at radius 3 is 2.65 bits per heavy atom. The van der Waals surface area contributed by atoms with Gasteiger partial charge in [-0.2, -0.15) is 0 Å². The number of rotatable bonds is 6. The maximum Gasteiger partial charge on any atom is 0.237 e. The highest BCUT2D eigenvalue weighted by Gasteiger charge is 2.63. The Bertz CT molecular complexity index is 693. The Morgan fingerprint density at radius 2 is 2.00 bits per heavy atom. The molecule has 142 valence electrons. The van der Waals surface area contributed by atoms with E-state index in [-0.39, 0.29) is 29.2 Å². The molecule has 2 amide bonds. The average Bonchev–Trinajstić information content (AvgIpc) is 3.18. The van der Waals surface area contributed by atoms with Gasteiger partial charge in [-0.05, 0) is 35.8 Å². The molecule has 0 aromatic heterocycles. The second kappa shape index (κ2) is 7.57. The lowest BCUT2D eigenvalue weighted by Gasteiger charge is -2.24. The smallest absolute Gasteiger partial charge is 0.237 e. The molecule has 0 bridgehead atoms. The molecule has 1 aliphatic carbocycles. The number of benzene rings is 1. The van der Waals surface area contributed by atoms with Gasteiger partial charge in [0.05, 0.1) is 6.04 Å². The summed E-state index contributed by atoms with van der Waals surface area (Å²) in [7, 11) is 1.68. The third kappa shape index (κ3) is 3.89. The van der Waals surface area contributed by atoms with Crippen molar-refractivity contribution >= 4 is 23.4 Å². The number of hydrogen-bond donors (Lipinski definition) is 2. The van der Waals surface area contributed by atoms with Crippen molar-refractivity contribution in [1.29, 1.82) is 0 Å². The molecule has 1 aliphatic heterocycles. The standard InChI is InChI=1S/C20H28ClN3O2/c1-13(2)11-24-12-20(9-17(24)19(26)22-3)8-15(20)18(25)23-10-14-6-4-5-7-16(14)21/h4-7,13,15,17H,8-12H2,1-3H3,(H,22,26)(H,23,25)/t15-,17+,20+/m1/s1. The fourth-order valence-corrected chi connectivity index (χ4v) is 4.45. The molecule has 2 N–H and O–H groups in total. The van der Waals surface area contributed by atoms with Crippen LogP contribution in [0.15, 0.2) is 24.3 Å². The number of carbonyl (C=O) groups excluding carboxylic acids is 2. The summed E-state index contributed by atoms with van der Waals surface area (Å²) in [5, 5.41) is 6.47. The van der Waals surface area contributed by atoms with Crippen molar-refractivity contribution in [3.63, 3.8) is 0 Å². The van der Waals surface area contributed by atoms with E-state index in [0.29, 0.717) is 17.5 Å². The highest BCUT2D eigenvalue weighted by molar-refractivity contribution is 6.31. The molecule has 1 heterocycles. The minimum Gasteiger partial charge on any atom is -0.358 e. The number of hydrogen-bond acceptors (Lipinski definition) is 3. The molecule has 0 radical (unpaired) electrons. The summed E-state index contributed by atoms with van der Waals surface area (Å²) in [5.74, 6) is 0.620. The largest absolute Gasteiger partial charge is 0.358 e. The Kier molecular flexibility index (Phi) is 5.58. The first-order valence-corrected chi connectivity index (χ1v) is 9.71. The Morgan fingerprint density at radius 1 is 1.27 bits per heavy atom. The minimum atomic E-state index is -0.122. The van der Waals surface area contributed by atoms with Crippen LogP contribution in [0, 0.1) is 17.3 Å². The lowest BCUT2D eigenvalue weighted by atomic mass is 9.99. The van der Waals surface area contributed by atoms with E-state index in [2.05, 4.69) is 29.4 Å². The number of amides is 2. The van der Waals surface area contributed by atoms with E-state index >= 15 is 0 Å². The molecule has 3 rings (SSSR count). The molecule has 1 saturated carbocycles. The SMILES string of the molecule is CNC(=O)[C@@H]1C[C@@]2(C[C@@H]2C(=O)NCc2ccccc2Cl)CN1CC(C)C. The molecule has 6 heteroatoms.